The minimum atomic E-state index is 0.191. The fraction of sp³-hybridized carbons (Fsp3) is 0.692. The standard InChI is InChI=1S/C13H21N3O/c1-10(7-9-17)15-13-14-8-6-12(16-13)11-4-2-3-5-11/h6,8,10-11,17H,2-5,7,9H2,1H3,(H,14,15,16)/t10-/m0/s1. The van der Waals surface area contributed by atoms with E-state index in [0.717, 1.165) is 12.1 Å². The minimum Gasteiger partial charge on any atom is -0.396 e. The summed E-state index contributed by atoms with van der Waals surface area (Å²) in [6, 6.07) is 2.23. The number of aliphatic hydroxyl groups excluding tert-OH is 1. The van der Waals surface area contributed by atoms with Crippen molar-refractivity contribution in [2.75, 3.05) is 11.9 Å². The van der Waals surface area contributed by atoms with Crippen LogP contribution >= 0.6 is 0 Å². The molecule has 1 aliphatic rings. The molecule has 2 rings (SSSR count). The number of aliphatic hydroxyl groups is 1. The van der Waals surface area contributed by atoms with Crippen LogP contribution in [0.3, 0.4) is 0 Å². The normalized spacial score (nSPS) is 18.2. The molecule has 94 valence electrons. The highest BCUT2D eigenvalue weighted by Crippen LogP contribution is 2.32. The van der Waals surface area contributed by atoms with Crippen molar-refractivity contribution < 1.29 is 5.11 Å². The fourth-order valence-electron chi connectivity index (χ4n) is 2.38. The van der Waals surface area contributed by atoms with Crippen molar-refractivity contribution in [3.8, 4) is 0 Å². The van der Waals surface area contributed by atoms with Crippen LogP contribution in [0.5, 0.6) is 0 Å². The lowest BCUT2D eigenvalue weighted by atomic mass is 10.0. The van der Waals surface area contributed by atoms with Gasteiger partial charge in [0.2, 0.25) is 5.95 Å². The quantitative estimate of drug-likeness (QED) is 0.822. The van der Waals surface area contributed by atoms with E-state index < -0.39 is 0 Å². The van der Waals surface area contributed by atoms with Gasteiger partial charge >= 0.3 is 0 Å². The van der Waals surface area contributed by atoms with Gasteiger partial charge in [0.05, 0.1) is 0 Å². The summed E-state index contributed by atoms with van der Waals surface area (Å²) in [6.07, 6.45) is 7.69. The van der Waals surface area contributed by atoms with Crippen molar-refractivity contribution in [1.82, 2.24) is 9.97 Å². The summed E-state index contributed by atoms with van der Waals surface area (Å²) < 4.78 is 0. The predicted octanol–water partition coefficient (Wildman–Crippen LogP) is 2.32. The monoisotopic (exact) mass is 235 g/mol. The van der Waals surface area contributed by atoms with E-state index in [1.54, 1.807) is 0 Å². The van der Waals surface area contributed by atoms with Crippen molar-refractivity contribution >= 4 is 5.95 Å². The first-order valence-corrected chi connectivity index (χ1v) is 6.50. The molecule has 0 radical (unpaired) electrons. The Morgan fingerprint density at radius 3 is 2.94 bits per heavy atom. The van der Waals surface area contributed by atoms with Gasteiger partial charge in [0, 0.05) is 30.5 Å². The zero-order valence-electron chi connectivity index (χ0n) is 10.4. The van der Waals surface area contributed by atoms with Crippen LogP contribution in [0.15, 0.2) is 12.3 Å². The zero-order chi connectivity index (χ0) is 12.1. The predicted molar refractivity (Wildman–Crippen MR) is 68.0 cm³/mol. The van der Waals surface area contributed by atoms with E-state index in [4.69, 9.17) is 5.11 Å². The molecule has 1 fully saturated rings. The molecule has 4 nitrogen and oxygen atoms in total. The second kappa shape index (κ2) is 5.96. The summed E-state index contributed by atoms with van der Waals surface area (Å²) >= 11 is 0. The lowest BCUT2D eigenvalue weighted by Gasteiger charge is -2.14. The highest BCUT2D eigenvalue weighted by molar-refractivity contribution is 5.27. The van der Waals surface area contributed by atoms with Gasteiger partial charge in [-0.1, -0.05) is 12.8 Å². The Balaban J connectivity index is 2.00. The number of hydrogen-bond acceptors (Lipinski definition) is 4. The Morgan fingerprint density at radius 2 is 2.24 bits per heavy atom. The largest absolute Gasteiger partial charge is 0.396 e. The smallest absolute Gasteiger partial charge is 0.223 e. The van der Waals surface area contributed by atoms with Gasteiger partial charge in [-0.2, -0.15) is 0 Å². The Labute approximate surface area is 102 Å². The molecule has 1 atom stereocenters. The van der Waals surface area contributed by atoms with Gasteiger partial charge in [-0.25, -0.2) is 9.97 Å². The van der Waals surface area contributed by atoms with Crippen molar-refractivity contribution in [2.24, 2.45) is 0 Å². The first-order chi connectivity index (χ1) is 8.29. The number of aromatic nitrogens is 2. The van der Waals surface area contributed by atoms with Crippen LogP contribution in [0, 0.1) is 0 Å². The molecule has 1 aromatic rings. The average molecular weight is 235 g/mol. The van der Waals surface area contributed by atoms with E-state index in [-0.39, 0.29) is 12.6 Å². The highest BCUT2D eigenvalue weighted by atomic mass is 16.3. The van der Waals surface area contributed by atoms with Crippen molar-refractivity contribution in [1.29, 1.82) is 0 Å². The molecular formula is C13H21N3O. The third kappa shape index (κ3) is 3.40. The molecule has 1 aromatic heterocycles. The summed E-state index contributed by atoms with van der Waals surface area (Å²) in [5.74, 6) is 1.31. The molecule has 4 heteroatoms. The number of nitrogens with zero attached hydrogens (tertiary/aromatic N) is 2. The molecular weight excluding hydrogens is 214 g/mol. The summed E-state index contributed by atoms with van der Waals surface area (Å²) in [5, 5.41) is 12.1. The molecule has 1 heterocycles. The first kappa shape index (κ1) is 12.3. The lowest BCUT2D eigenvalue weighted by Crippen LogP contribution is -2.18. The Kier molecular flexibility index (Phi) is 4.31. The second-order valence-electron chi connectivity index (χ2n) is 4.84. The van der Waals surface area contributed by atoms with Gasteiger partial charge < -0.3 is 10.4 Å². The molecule has 0 aliphatic heterocycles. The molecule has 2 N–H and O–H groups in total. The van der Waals surface area contributed by atoms with Crippen molar-refractivity contribution in [3.63, 3.8) is 0 Å². The van der Waals surface area contributed by atoms with Gasteiger partial charge in [-0.05, 0) is 32.3 Å². The molecule has 0 saturated heterocycles. The molecule has 0 bridgehead atoms. The highest BCUT2D eigenvalue weighted by Gasteiger charge is 2.18. The maximum atomic E-state index is 8.86. The molecule has 0 amide bonds. The number of hydrogen-bond donors (Lipinski definition) is 2. The molecule has 1 saturated carbocycles. The lowest BCUT2D eigenvalue weighted by molar-refractivity contribution is 0.282. The van der Waals surface area contributed by atoms with Gasteiger partial charge in [-0.3, -0.25) is 0 Å². The van der Waals surface area contributed by atoms with E-state index >= 15 is 0 Å². The number of anilines is 1. The van der Waals surface area contributed by atoms with Crippen molar-refractivity contribution in [2.45, 2.75) is 51.0 Å². The minimum absolute atomic E-state index is 0.191. The summed E-state index contributed by atoms with van der Waals surface area (Å²) in [5.41, 5.74) is 1.16. The van der Waals surface area contributed by atoms with Crippen LogP contribution in [0.2, 0.25) is 0 Å². The third-order valence-corrected chi connectivity index (χ3v) is 3.39. The van der Waals surface area contributed by atoms with Crippen LogP contribution < -0.4 is 5.32 Å². The Hall–Kier alpha value is -1.16. The first-order valence-electron chi connectivity index (χ1n) is 6.50. The Morgan fingerprint density at radius 1 is 1.47 bits per heavy atom. The molecule has 0 unspecified atom stereocenters. The maximum Gasteiger partial charge on any atom is 0.223 e. The van der Waals surface area contributed by atoms with Crippen LogP contribution in [0.1, 0.15) is 50.6 Å². The van der Waals surface area contributed by atoms with Gasteiger partial charge in [0.25, 0.3) is 0 Å². The molecule has 1 aliphatic carbocycles. The summed E-state index contributed by atoms with van der Waals surface area (Å²) in [4.78, 5) is 8.80. The van der Waals surface area contributed by atoms with Gasteiger partial charge in [0.1, 0.15) is 0 Å². The summed E-state index contributed by atoms with van der Waals surface area (Å²) in [6.45, 7) is 2.22. The molecule has 0 spiro atoms. The maximum absolute atomic E-state index is 8.86. The number of nitrogens with one attached hydrogen (secondary N) is 1. The van der Waals surface area contributed by atoms with E-state index in [1.165, 1.54) is 25.7 Å². The van der Waals surface area contributed by atoms with Gasteiger partial charge in [0.15, 0.2) is 0 Å². The second-order valence-corrected chi connectivity index (χ2v) is 4.84. The number of rotatable bonds is 5. The van der Waals surface area contributed by atoms with Gasteiger partial charge in [-0.15, -0.1) is 0 Å². The molecule has 0 aromatic carbocycles. The van der Waals surface area contributed by atoms with Crippen LogP contribution in [-0.2, 0) is 0 Å². The fourth-order valence-corrected chi connectivity index (χ4v) is 2.38. The van der Waals surface area contributed by atoms with Crippen molar-refractivity contribution in [3.05, 3.63) is 18.0 Å². The third-order valence-electron chi connectivity index (χ3n) is 3.39. The SMILES string of the molecule is C[C@@H](CCO)Nc1nccc(C2CCCC2)n1. The molecule has 17 heavy (non-hydrogen) atoms. The average Bonchev–Trinajstić information content (AvgIpc) is 2.83. The van der Waals surface area contributed by atoms with E-state index in [2.05, 4.69) is 15.3 Å². The zero-order valence-corrected chi connectivity index (χ0v) is 10.4. The Bertz CT molecular complexity index is 350. The summed E-state index contributed by atoms with van der Waals surface area (Å²) in [7, 11) is 0. The van der Waals surface area contributed by atoms with E-state index in [1.807, 2.05) is 19.2 Å². The van der Waals surface area contributed by atoms with Crippen LogP contribution in [0.4, 0.5) is 5.95 Å². The van der Waals surface area contributed by atoms with Crippen LogP contribution in [-0.4, -0.2) is 27.7 Å². The van der Waals surface area contributed by atoms with E-state index in [9.17, 15) is 0 Å². The van der Waals surface area contributed by atoms with Crippen LogP contribution in [0.25, 0.3) is 0 Å². The van der Waals surface area contributed by atoms with E-state index in [0.29, 0.717) is 11.9 Å². The topological polar surface area (TPSA) is 58.0 Å².